The van der Waals surface area contributed by atoms with Crippen LogP contribution < -0.4 is 0 Å². The van der Waals surface area contributed by atoms with Crippen molar-refractivity contribution in [1.82, 2.24) is 0 Å². The van der Waals surface area contributed by atoms with Crippen molar-refractivity contribution in [1.29, 1.82) is 5.26 Å². The van der Waals surface area contributed by atoms with Crippen LogP contribution in [0.4, 0.5) is 4.39 Å². The molecule has 0 saturated carbocycles. The topological polar surface area (TPSA) is 23.8 Å². The largest absolute Gasteiger partial charge is 0.206 e. The summed E-state index contributed by atoms with van der Waals surface area (Å²) in [4.78, 5) is 0. The maximum Gasteiger partial charge on any atom is 0.131 e. The number of halogens is 2. The fourth-order valence-corrected chi connectivity index (χ4v) is 1.84. The Morgan fingerprint density at radius 3 is 2.39 bits per heavy atom. The van der Waals surface area contributed by atoms with Crippen molar-refractivity contribution in [2.24, 2.45) is 0 Å². The Kier molecular flexibility index (Phi) is 3.91. The Morgan fingerprint density at radius 2 is 1.78 bits per heavy atom. The van der Waals surface area contributed by atoms with Gasteiger partial charge in [-0.25, -0.2) is 4.39 Å². The van der Waals surface area contributed by atoms with E-state index in [2.05, 4.69) is 15.9 Å². The van der Waals surface area contributed by atoms with Crippen LogP contribution in [0.1, 0.15) is 11.1 Å². The molecule has 2 rings (SSSR count). The Balaban J connectivity index is 2.44. The Bertz CT molecular complexity index is 624. The van der Waals surface area contributed by atoms with E-state index in [0.717, 1.165) is 10.0 Å². The smallest absolute Gasteiger partial charge is 0.131 e. The molecule has 3 heteroatoms. The van der Waals surface area contributed by atoms with E-state index in [-0.39, 0.29) is 5.82 Å². The van der Waals surface area contributed by atoms with Gasteiger partial charge >= 0.3 is 0 Å². The minimum atomic E-state index is -0.387. The predicted octanol–water partition coefficient (Wildman–Crippen LogP) is 4.65. The number of nitrogens with zero attached hydrogens (tertiary/aromatic N) is 1. The summed E-state index contributed by atoms with van der Waals surface area (Å²) in [7, 11) is 0. The zero-order chi connectivity index (χ0) is 13.0. The number of benzene rings is 2. The molecule has 0 aliphatic rings. The van der Waals surface area contributed by atoms with Crippen molar-refractivity contribution in [3.8, 4) is 6.07 Å². The summed E-state index contributed by atoms with van der Waals surface area (Å²) in [5.74, 6) is -0.387. The second-order valence-electron chi connectivity index (χ2n) is 3.70. The van der Waals surface area contributed by atoms with Gasteiger partial charge in [-0.3, -0.25) is 0 Å². The van der Waals surface area contributed by atoms with Crippen LogP contribution >= 0.6 is 15.9 Å². The van der Waals surface area contributed by atoms with Gasteiger partial charge < -0.3 is 0 Å². The van der Waals surface area contributed by atoms with E-state index < -0.39 is 0 Å². The van der Waals surface area contributed by atoms with E-state index in [9.17, 15) is 4.39 Å². The first-order chi connectivity index (χ1) is 8.70. The summed E-state index contributed by atoms with van der Waals surface area (Å²) in [5, 5.41) is 9.13. The van der Waals surface area contributed by atoms with Crippen LogP contribution in [0.2, 0.25) is 0 Å². The third-order valence-electron chi connectivity index (χ3n) is 2.47. The fourth-order valence-electron chi connectivity index (χ4n) is 1.58. The fraction of sp³-hybridized carbons (Fsp3) is 0. The van der Waals surface area contributed by atoms with E-state index in [1.807, 2.05) is 30.3 Å². The monoisotopic (exact) mass is 301 g/mol. The normalized spacial score (nSPS) is 11.1. The molecule has 0 atom stereocenters. The molecule has 0 N–H and O–H groups in total. The summed E-state index contributed by atoms with van der Waals surface area (Å²) < 4.78 is 14.6. The molecular formula is C15H9BrFN. The zero-order valence-electron chi connectivity index (χ0n) is 9.40. The van der Waals surface area contributed by atoms with Gasteiger partial charge in [-0.15, -0.1) is 0 Å². The second-order valence-corrected chi connectivity index (χ2v) is 4.62. The Hall–Kier alpha value is -1.92. The Labute approximate surface area is 113 Å². The van der Waals surface area contributed by atoms with E-state index in [0.29, 0.717) is 11.1 Å². The summed E-state index contributed by atoms with van der Waals surface area (Å²) in [6.45, 7) is 0. The van der Waals surface area contributed by atoms with E-state index >= 15 is 0 Å². The number of hydrogen-bond donors (Lipinski definition) is 0. The lowest BCUT2D eigenvalue weighted by molar-refractivity contribution is 0.624. The lowest BCUT2D eigenvalue weighted by atomic mass is 10.0. The number of nitriles is 1. The quantitative estimate of drug-likeness (QED) is 0.585. The highest BCUT2D eigenvalue weighted by Gasteiger charge is 2.06. The third-order valence-corrected chi connectivity index (χ3v) is 2.99. The van der Waals surface area contributed by atoms with Crippen LogP contribution in [0.5, 0.6) is 0 Å². The lowest BCUT2D eigenvalue weighted by Crippen LogP contribution is -1.87. The Morgan fingerprint density at radius 1 is 1.11 bits per heavy atom. The van der Waals surface area contributed by atoms with Crippen molar-refractivity contribution >= 4 is 27.6 Å². The highest BCUT2D eigenvalue weighted by Crippen LogP contribution is 2.21. The summed E-state index contributed by atoms with van der Waals surface area (Å²) >= 11 is 3.34. The molecule has 0 aliphatic heterocycles. The molecular weight excluding hydrogens is 293 g/mol. The van der Waals surface area contributed by atoms with Gasteiger partial charge in [0, 0.05) is 10.0 Å². The van der Waals surface area contributed by atoms with Gasteiger partial charge in [0.15, 0.2) is 0 Å². The van der Waals surface area contributed by atoms with Gasteiger partial charge in [-0.2, -0.15) is 5.26 Å². The van der Waals surface area contributed by atoms with Crippen molar-refractivity contribution < 1.29 is 4.39 Å². The highest BCUT2D eigenvalue weighted by atomic mass is 79.9. The lowest BCUT2D eigenvalue weighted by Gasteiger charge is -2.01. The molecule has 0 aliphatic carbocycles. The molecule has 0 radical (unpaired) electrons. The van der Waals surface area contributed by atoms with Crippen LogP contribution in [0.25, 0.3) is 11.6 Å². The van der Waals surface area contributed by atoms with Crippen molar-refractivity contribution in [3.05, 3.63) is 69.9 Å². The van der Waals surface area contributed by atoms with Gasteiger partial charge in [0.05, 0.1) is 11.6 Å². The first kappa shape index (κ1) is 12.5. The molecule has 0 bridgehead atoms. The SMILES string of the molecule is N#C/C(=C/c1ccc(Br)cc1)c1ccccc1F. The first-order valence-corrected chi connectivity index (χ1v) is 6.12. The maximum absolute atomic E-state index is 13.6. The van der Waals surface area contributed by atoms with Crippen molar-refractivity contribution in [3.63, 3.8) is 0 Å². The minimum absolute atomic E-state index is 0.315. The standard InChI is InChI=1S/C15H9BrFN/c16-13-7-5-11(6-8-13)9-12(10-18)14-3-1-2-4-15(14)17/h1-9H/b12-9-. The maximum atomic E-state index is 13.6. The molecule has 2 aromatic carbocycles. The van der Waals surface area contributed by atoms with Gasteiger partial charge in [0.25, 0.3) is 0 Å². The second kappa shape index (κ2) is 5.61. The highest BCUT2D eigenvalue weighted by molar-refractivity contribution is 9.10. The number of rotatable bonds is 2. The summed E-state index contributed by atoms with van der Waals surface area (Å²) in [6.07, 6.45) is 1.67. The van der Waals surface area contributed by atoms with Gasteiger partial charge in [0.2, 0.25) is 0 Å². The van der Waals surface area contributed by atoms with E-state index in [4.69, 9.17) is 5.26 Å². The minimum Gasteiger partial charge on any atom is -0.206 e. The molecule has 0 unspecified atom stereocenters. The average Bonchev–Trinajstić information content (AvgIpc) is 2.39. The summed E-state index contributed by atoms with van der Waals surface area (Å²) in [5.41, 5.74) is 1.50. The molecule has 0 amide bonds. The van der Waals surface area contributed by atoms with Crippen LogP contribution in [-0.2, 0) is 0 Å². The zero-order valence-corrected chi connectivity index (χ0v) is 11.0. The molecule has 1 nitrogen and oxygen atoms in total. The van der Waals surface area contributed by atoms with Crippen LogP contribution in [0.3, 0.4) is 0 Å². The number of allylic oxidation sites excluding steroid dienone is 1. The van der Waals surface area contributed by atoms with E-state index in [1.54, 1.807) is 24.3 Å². The van der Waals surface area contributed by atoms with Gasteiger partial charge in [-0.05, 0) is 29.8 Å². The molecule has 88 valence electrons. The molecule has 0 saturated heterocycles. The summed E-state index contributed by atoms with van der Waals surface area (Å²) in [6, 6.07) is 15.8. The van der Waals surface area contributed by atoms with Crippen molar-refractivity contribution in [2.45, 2.75) is 0 Å². The van der Waals surface area contributed by atoms with Gasteiger partial charge in [0.1, 0.15) is 5.82 Å². The van der Waals surface area contributed by atoms with Gasteiger partial charge in [-0.1, -0.05) is 46.3 Å². The third kappa shape index (κ3) is 2.85. The molecule has 18 heavy (non-hydrogen) atoms. The average molecular weight is 302 g/mol. The van der Waals surface area contributed by atoms with Crippen LogP contribution in [0, 0.1) is 17.1 Å². The predicted molar refractivity (Wildman–Crippen MR) is 74.0 cm³/mol. The molecule has 2 aromatic rings. The van der Waals surface area contributed by atoms with Crippen LogP contribution in [0.15, 0.2) is 53.0 Å². The van der Waals surface area contributed by atoms with E-state index in [1.165, 1.54) is 6.07 Å². The number of hydrogen-bond acceptors (Lipinski definition) is 1. The van der Waals surface area contributed by atoms with Crippen LogP contribution in [-0.4, -0.2) is 0 Å². The molecule has 0 fully saturated rings. The first-order valence-electron chi connectivity index (χ1n) is 5.33. The molecule has 0 spiro atoms. The van der Waals surface area contributed by atoms with Crippen molar-refractivity contribution in [2.75, 3.05) is 0 Å². The molecule has 0 aromatic heterocycles. The molecule has 0 heterocycles.